The molecule has 3 heterocycles. The van der Waals surface area contributed by atoms with Gasteiger partial charge in [0.05, 0.1) is 24.5 Å². The molecule has 0 fully saturated rings. The normalized spacial score (nSPS) is 13.2. The first-order chi connectivity index (χ1) is 18.7. The minimum atomic E-state index is -3.90. The molecule has 0 saturated heterocycles. The van der Waals surface area contributed by atoms with Gasteiger partial charge in [0, 0.05) is 37.0 Å². The van der Waals surface area contributed by atoms with Crippen LogP contribution in [0.15, 0.2) is 49.1 Å². The zero-order chi connectivity index (χ0) is 28.2. The number of para-hydroxylation sites is 1. The van der Waals surface area contributed by atoms with Crippen molar-refractivity contribution in [2.24, 2.45) is 0 Å². The van der Waals surface area contributed by atoms with Crippen LogP contribution in [0, 0.1) is 6.92 Å². The Hall–Kier alpha value is -3.61. The molecule has 13 heteroatoms. The first kappa shape index (κ1) is 28.4. The van der Waals surface area contributed by atoms with Gasteiger partial charge in [-0.3, -0.25) is 9.55 Å². The van der Waals surface area contributed by atoms with E-state index >= 15 is 0 Å². The molecule has 0 amide bonds. The van der Waals surface area contributed by atoms with E-state index in [1.807, 2.05) is 13.0 Å². The topological polar surface area (TPSA) is 131 Å². The lowest BCUT2D eigenvalue weighted by Gasteiger charge is -2.23. The Labute approximate surface area is 232 Å². The molecule has 11 nitrogen and oxygen atoms in total. The number of methoxy groups -OCH3 is 2. The van der Waals surface area contributed by atoms with Gasteiger partial charge in [-0.15, -0.1) is 10.2 Å². The molecular formula is C26H29ClN6O5S. The Kier molecular flexibility index (Phi) is 8.78. The Morgan fingerprint density at radius 2 is 1.69 bits per heavy atom. The number of halogens is 1. The van der Waals surface area contributed by atoms with Gasteiger partial charge >= 0.3 is 0 Å². The van der Waals surface area contributed by atoms with Crippen molar-refractivity contribution in [3.63, 3.8) is 0 Å². The van der Waals surface area contributed by atoms with Crippen LogP contribution in [0.1, 0.15) is 37.2 Å². The maximum Gasteiger partial charge on any atom is 0.170 e. The molecule has 206 valence electrons. The largest absolute Gasteiger partial charge is 0.494 e. The van der Waals surface area contributed by atoms with Crippen LogP contribution < -0.4 is 9.47 Å². The molecule has 0 aliphatic rings. The SMILES string of the molecule is CCO[C@H](c1ncc(Cl)cn1)[C@H](C)S(=O)(=O)Cc1nnc(-c2cncc(C)c2)n1-c1c(OC)cccc1OC. The molecule has 39 heavy (non-hydrogen) atoms. The van der Waals surface area contributed by atoms with E-state index in [0.29, 0.717) is 33.6 Å². The van der Waals surface area contributed by atoms with Gasteiger partial charge in [0.1, 0.15) is 29.0 Å². The Balaban J connectivity index is 1.84. The second kappa shape index (κ2) is 12.1. The van der Waals surface area contributed by atoms with E-state index in [4.69, 9.17) is 25.8 Å². The van der Waals surface area contributed by atoms with Gasteiger partial charge in [-0.25, -0.2) is 18.4 Å². The van der Waals surface area contributed by atoms with Gasteiger partial charge in [0.25, 0.3) is 0 Å². The highest BCUT2D eigenvalue weighted by Gasteiger charge is 2.35. The van der Waals surface area contributed by atoms with Crippen LogP contribution in [-0.2, 0) is 20.3 Å². The van der Waals surface area contributed by atoms with Crippen molar-refractivity contribution in [3.8, 4) is 28.6 Å². The molecule has 0 aliphatic heterocycles. The van der Waals surface area contributed by atoms with Crippen LogP contribution in [0.3, 0.4) is 0 Å². The predicted molar refractivity (Wildman–Crippen MR) is 146 cm³/mol. The van der Waals surface area contributed by atoms with Gasteiger partial charge in [0.15, 0.2) is 27.3 Å². The molecule has 0 unspecified atom stereocenters. The van der Waals surface area contributed by atoms with Crippen LogP contribution in [0.5, 0.6) is 11.5 Å². The number of nitrogens with zero attached hydrogens (tertiary/aromatic N) is 6. The van der Waals surface area contributed by atoms with Gasteiger partial charge in [0.2, 0.25) is 0 Å². The first-order valence-electron chi connectivity index (χ1n) is 12.1. The summed E-state index contributed by atoms with van der Waals surface area (Å²) in [5.74, 6) is 1.20. The van der Waals surface area contributed by atoms with E-state index in [0.717, 1.165) is 5.56 Å². The molecule has 4 aromatic rings. The van der Waals surface area contributed by atoms with Crippen LogP contribution >= 0.6 is 11.6 Å². The fourth-order valence-corrected chi connectivity index (χ4v) is 5.61. The molecule has 1 aromatic carbocycles. The minimum absolute atomic E-state index is 0.161. The zero-order valence-electron chi connectivity index (χ0n) is 22.2. The Bertz CT molecular complexity index is 1520. The summed E-state index contributed by atoms with van der Waals surface area (Å²) in [6.45, 7) is 5.49. The summed E-state index contributed by atoms with van der Waals surface area (Å²) < 4.78 is 46.3. The third-order valence-electron chi connectivity index (χ3n) is 6.05. The molecular weight excluding hydrogens is 544 g/mol. The maximum atomic E-state index is 13.8. The fraction of sp³-hybridized carbons (Fsp3) is 0.346. The lowest BCUT2D eigenvalue weighted by molar-refractivity contribution is 0.0556. The summed E-state index contributed by atoms with van der Waals surface area (Å²) >= 11 is 5.93. The molecule has 4 rings (SSSR count). The summed E-state index contributed by atoms with van der Waals surface area (Å²) in [4.78, 5) is 12.7. The quantitative estimate of drug-likeness (QED) is 0.258. The fourth-order valence-electron chi connectivity index (χ4n) is 4.13. The third-order valence-corrected chi connectivity index (χ3v) is 8.29. The van der Waals surface area contributed by atoms with E-state index < -0.39 is 26.9 Å². The van der Waals surface area contributed by atoms with E-state index in [1.54, 1.807) is 49.0 Å². The lowest BCUT2D eigenvalue weighted by Crippen LogP contribution is -2.30. The number of aryl methyl sites for hydroxylation is 1. The molecule has 0 bridgehead atoms. The summed E-state index contributed by atoms with van der Waals surface area (Å²) in [5.41, 5.74) is 2.01. The minimum Gasteiger partial charge on any atom is -0.494 e. The summed E-state index contributed by atoms with van der Waals surface area (Å²) in [7, 11) is -0.855. The van der Waals surface area contributed by atoms with Crippen LogP contribution in [-0.4, -0.2) is 64.2 Å². The number of sulfone groups is 1. The number of pyridine rings is 1. The van der Waals surface area contributed by atoms with Gasteiger partial charge in [-0.2, -0.15) is 0 Å². The number of hydrogen-bond acceptors (Lipinski definition) is 10. The third kappa shape index (κ3) is 6.02. The average molecular weight is 573 g/mol. The summed E-state index contributed by atoms with van der Waals surface area (Å²) in [5, 5.41) is 8.00. The highest BCUT2D eigenvalue weighted by Crippen LogP contribution is 2.37. The van der Waals surface area contributed by atoms with Gasteiger partial charge < -0.3 is 14.2 Å². The molecule has 0 aliphatic carbocycles. The van der Waals surface area contributed by atoms with E-state index in [-0.39, 0.29) is 18.3 Å². The monoisotopic (exact) mass is 572 g/mol. The molecule has 0 radical (unpaired) electrons. The van der Waals surface area contributed by atoms with Gasteiger partial charge in [-0.05, 0) is 44.5 Å². The first-order valence-corrected chi connectivity index (χ1v) is 14.2. The van der Waals surface area contributed by atoms with E-state index in [2.05, 4.69) is 25.1 Å². The second-order valence-corrected chi connectivity index (χ2v) is 11.5. The van der Waals surface area contributed by atoms with Crippen molar-refractivity contribution < 1.29 is 22.6 Å². The Morgan fingerprint density at radius 1 is 1.03 bits per heavy atom. The van der Waals surface area contributed by atoms with Crippen LogP contribution in [0.2, 0.25) is 5.02 Å². The summed E-state index contributed by atoms with van der Waals surface area (Å²) in [6, 6.07) is 7.16. The maximum absolute atomic E-state index is 13.8. The molecule has 3 aromatic heterocycles. The highest BCUT2D eigenvalue weighted by atomic mass is 35.5. The van der Waals surface area contributed by atoms with Crippen molar-refractivity contribution in [2.75, 3.05) is 20.8 Å². The van der Waals surface area contributed by atoms with Crippen LogP contribution in [0.25, 0.3) is 17.1 Å². The van der Waals surface area contributed by atoms with Crippen molar-refractivity contribution in [2.45, 2.75) is 37.9 Å². The lowest BCUT2D eigenvalue weighted by atomic mass is 10.2. The number of benzene rings is 1. The standard InChI is InChI=1S/C26H29ClN6O5S/c1-6-38-24(25-29-13-19(27)14-30-25)17(3)39(34,35)15-22-31-32-26(18-10-16(2)11-28-12-18)33(22)23-20(36-4)8-7-9-21(23)37-5/h7-14,17,24H,6,15H2,1-5H3/t17-,24-/m0/s1. The second-order valence-electron chi connectivity index (χ2n) is 8.69. The Morgan fingerprint density at radius 3 is 2.28 bits per heavy atom. The number of hydrogen-bond donors (Lipinski definition) is 0. The van der Waals surface area contributed by atoms with E-state index in [9.17, 15) is 8.42 Å². The molecule has 0 saturated carbocycles. The van der Waals surface area contributed by atoms with Gasteiger partial charge in [-0.1, -0.05) is 17.7 Å². The van der Waals surface area contributed by atoms with Crippen molar-refractivity contribution in [1.29, 1.82) is 0 Å². The molecule has 2 atom stereocenters. The van der Waals surface area contributed by atoms with Crippen molar-refractivity contribution >= 4 is 21.4 Å². The zero-order valence-corrected chi connectivity index (χ0v) is 23.8. The number of rotatable bonds is 11. The highest BCUT2D eigenvalue weighted by molar-refractivity contribution is 7.91. The number of ether oxygens (including phenoxy) is 3. The van der Waals surface area contributed by atoms with Crippen LogP contribution in [0.4, 0.5) is 0 Å². The summed E-state index contributed by atoms with van der Waals surface area (Å²) in [6.07, 6.45) is 5.24. The average Bonchev–Trinajstić information content (AvgIpc) is 3.33. The molecule has 0 N–H and O–H groups in total. The molecule has 0 spiro atoms. The smallest absolute Gasteiger partial charge is 0.170 e. The predicted octanol–water partition coefficient (Wildman–Crippen LogP) is 4.18. The van der Waals surface area contributed by atoms with E-state index in [1.165, 1.54) is 26.6 Å². The van der Waals surface area contributed by atoms with Crippen molar-refractivity contribution in [3.05, 3.63) is 71.3 Å². The van der Waals surface area contributed by atoms with Crippen molar-refractivity contribution in [1.82, 2.24) is 29.7 Å². The number of aromatic nitrogens is 6.